The number of rotatable bonds is 6. The van der Waals surface area contributed by atoms with Crippen LogP contribution >= 0.6 is 0 Å². The van der Waals surface area contributed by atoms with Crippen LogP contribution in [0.15, 0.2) is 72.9 Å². The van der Waals surface area contributed by atoms with Crippen LogP contribution < -0.4 is 15.5 Å². The van der Waals surface area contributed by atoms with Crippen molar-refractivity contribution >= 4 is 39.8 Å². The predicted octanol–water partition coefficient (Wildman–Crippen LogP) is 4.36. The smallest absolute Gasteiger partial charge is 0.255 e. The third kappa shape index (κ3) is 4.58. The summed E-state index contributed by atoms with van der Waals surface area (Å²) < 4.78 is 7.21. The highest BCUT2D eigenvalue weighted by Gasteiger charge is 2.50. The lowest BCUT2D eigenvalue weighted by Gasteiger charge is -2.28. The van der Waals surface area contributed by atoms with Crippen molar-refractivity contribution in [2.45, 2.75) is 12.8 Å². The standard InChI is InChI=1S/C29H26N6O3/c30-19-29(11-12-29)28(37)33-22-3-8-25(9-4-22)35-26-10-5-23(17-21(26)18-31-35)32-27(36)20-1-6-24(7-2-20)34-13-15-38-16-14-34/h1-10,17-18H,11-16H2,(H,32,36)(H,33,37). The summed E-state index contributed by atoms with van der Waals surface area (Å²) in [7, 11) is 0. The number of carbonyl (C=O) groups is 2. The first kappa shape index (κ1) is 23.7. The fraction of sp³-hybridized carbons (Fsp3) is 0.241. The van der Waals surface area contributed by atoms with E-state index in [-0.39, 0.29) is 11.8 Å². The summed E-state index contributed by atoms with van der Waals surface area (Å²) in [6.07, 6.45) is 2.97. The number of amides is 2. The highest BCUT2D eigenvalue weighted by atomic mass is 16.5. The van der Waals surface area contributed by atoms with E-state index >= 15 is 0 Å². The molecule has 0 atom stereocenters. The Hall–Kier alpha value is -4.68. The van der Waals surface area contributed by atoms with Gasteiger partial charge in [0, 0.05) is 41.1 Å². The highest BCUT2D eigenvalue weighted by Crippen LogP contribution is 2.45. The molecule has 3 aromatic carbocycles. The zero-order valence-electron chi connectivity index (χ0n) is 20.7. The molecular weight excluding hydrogens is 480 g/mol. The van der Waals surface area contributed by atoms with Crippen molar-refractivity contribution in [3.63, 3.8) is 0 Å². The summed E-state index contributed by atoms with van der Waals surface area (Å²) in [5.41, 5.74) is 3.85. The van der Waals surface area contributed by atoms with Crippen molar-refractivity contribution in [1.29, 1.82) is 5.26 Å². The number of aromatic nitrogens is 2. The second-order valence-electron chi connectivity index (χ2n) is 9.63. The second-order valence-corrected chi connectivity index (χ2v) is 9.63. The van der Waals surface area contributed by atoms with Crippen LogP contribution in [-0.4, -0.2) is 47.9 Å². The van der Waals surface area contributed by atoms with Crippen LogP contribution in [0.5, 0.6) is 0 Å². The molecule has 2 aliphatic rings. The summed E-state index contributed by atoms with van der Waals surface area (Å²) in [5.74, 6) is -0.424. The van der Waals surface area contributed by atoms with Gasteiger partial charge < -0.3 is 20.3 Å². The topological polar surface area (TPSA) is 112 Å². The lowest BCUT2D eigenvalue weighted by atomic mass is 10.1. The van der Waals surface area contributed by atoms with Gasteiger partial charge in [-0.15, -0.1) is 0 Å². The first-order valence-corrected chi connectivity index (χ1v) is 12.6. The Labute approximate surface area is 219 Å². The SMILES string of the molecule is N#CC1(C(=O)Nc2ccc(-n3ncc4cc(NC(=O)c5ccc(N6CCOCC6)cc5)ccc43)cc2)CC1. The number of fused-ring (bicyclic) bond motifs is 1. The van der Waals surface area contributed by atoms with E-state index in [9.17, 15) is 14.9 Å². The molecule has 2 heterocycles. The molecule has 1 aliphatic carbocycles. The minimum Gasteiger partial charge on any atom is -0.378 e. The molecule has 0 unspecified atom stereocenters. The van der Waals surface area contributed by atoms with E-state index in [2.05, 4.69) is 26.7 Å². The average molecular weight is 507 g/mol. The molecule has 2 fully saturated rings. The van der Waals surface area contributed by atoms with Crippen LogP contribution in [0.25, 0.3) is 16.6 Å². The number of nitrogens with one attached hydrogen (secondary N) is 2. The van der Waals surface area contributed by atoms with Crippen LogP contribution in [-0.2, 0) is 9.53 Å². The van der Waals surface area contributed by atoms with Crippen molar-refractivity contribution in [3.05, 3.63) is 78.5 Å². The van der Waals surface area contributed by atoms with Crippen LogP contribution in [0.3, 0.4) is 0 Å². The molecular formula is C29H26N6O3. The largest absolute Gasteiger partial charge is 0.378 e. The normalized spacial score (nSPS) is 16.0. The zero-order valence-corrected chi connectivity index (χ0v) is 20.7. The molecule has 4 aromatic rings. The molecule has 1 aliphatic heterocycles. The van der Waals surface area contributed by atoms with Crippen molar-refractivity contribution in [3.8, 4) is 11.8 Å². The van der Waals surface area contributed by atoms with Gasteiger partial charge in [0.05, 0.1) is 36.7 Å². The molecule has 2 N–H and O–H groups in total. The first-order chi connectivity index (χ1) is 18.5. The minimum absolute atomic E-state index is 0.174. The Kier molecular flexibility index (Phi) is 6.02. The molecule has 1 saturated heterocycles. The van der Waals surface area contributed by atoms with E-state index in [0.29, 0.717) is 29.8 Å². The lowest BCUT2D eigenvalue weighted by Crippen LogP contribution is -2.36. The minimum atomic E-state index is -0.865. The maximum Gasteiger partial charge on any atom is 0.255 e. The number of nitrogens with zero attached hydrogens (tertiary/aromatic N) is 4. The maximum absolute atomic E-state index is 12.8. The number of ether oxygens (including phenoxy) is 1. The summed E-state index contributed by atoms with van der Waals surface area (Å²) >= 11 is 0. The fourth-order valence-electron chi connectivity index (χ4n) is 4.62. The number of anilines is 3. The Bertz CT molecular complexity index is 1540. The number of morpholine rings is 1. The Balaban J connectivity index is 1.13. The molecule has 2 amide bonds. The van der Waals surface area contributed by atoms with Crippen molar-refractivity contribution in [2.75, 3.05) is 41.8 Å². The second kappa shape index (κ2) is 9.65. The van der Waals surface area contributed by atoms with Gasteiger partial charge in [-0.05, 0) is 79.6 Å². The van der Waals surface area contributed by atoms with Gasteiger partial charge >= 0.3 is 0 Å². The van der Waals surface area contributed by atoms with Gasteiger partial charge in [-0.1, -0.05) is 0 Å². The quantitative estimate of drug-likeness (QED) is 0.402. The Morgan fingerprint density at radius 1 is 0.895 bits per heavy atom. The zero-order chi connectivity index (χ0) is 26.1. The van der Waals surface area contributed by atoms with Gasteiger partial charge in [-0.3, -0.25) is 9.59 Å². The molecule has 0 bridgehead atoms. The van der Waals surface area contributed by atoms with E-state index in [0.717, 1.165) is 48.6 Å². The number of carbonyl (C=O) groups excluding carboxylic acids is 2. The third-order valence-electron chi connectivity index (χ3n) is 7.10. The van der Waals surface area contributed by atoms with Gasteiger partial charge in [0.15, 0.2) is 0 Å². The third-order valence-corrected chi connectivity index (χ3v) is 7.10. The van der Waals surface area contributed by atoms with Gasteiger partial charge in [-0.2, -0.15) is 10.4 Å². The van der Waals surface area contributed by atoms with E-state index in [1.165, 1.54) is 0 Å². The maximum atomic E-state index is 12.8. The van der Waals surface area contributed by atoms with E-state index in [4.69, 9.17) is 4.74 Å². The van der Waals surface area contributed by atoms with Crippen LogP contribution in [0.2, 0.25) is 0 Å². The first-order valence-electron chi connectivity index (χ1n) is 12.6. The lowest BCUT2D eigenvalue weighted by molar-refractivity contribution is -0.119. The molecule has 0 spiro atoms. The average Bonchev–Trinajstić information content (AvgIpc) is 3.67. The van der Waals surface area contributed by atoms with Gasteiger partial charge in [0.1, 0.15) is 5.41 Å². The molecule has 1 aromatic heterocycles. The number of nitriles is 1. The van der Waals surface area contributed by atoms with Gasteiger partial charge in [-0.25, -0.2) is 4.68 Å². The predicted molar refractivity (Wildman–Crippen MR) is 144 cm³/mol. The summed E-state index contributed by atoms with van der Waals surface area (Å²) in [6.45, 7) is 3.13. The molecule has 0 radical (unpaired) electrons. The fourth-order valence-corrected chi connectivity index (χ4v) is 4.62. The van der Waals surface area contributed by atoms with Gasteiger partial charge in [0.25, 0.3) is 5.91 Å². The van der Waals surface area contributed by atoms with Crippen LogP contribution in [0.4, 0.5) is 17.1 Å². The summed E-state index contributed by atoms with van der Waals surface area (Å²) in [5, 5.41) is 20.4. The number of benzene rings is 3. The molecule has 190 valence electrons. The molecule has 1 saturated carbocycles. The summed E-state index contributed by atoms with van der Waals surface area (Å²) in [4.78, 5) is 27.4. The van der Waals surface area contributed by atoms with Crippen molar-refractivity contribution in [1.82, 2.24) is 9.78 Å². The molecule has 9 heteroatoms. The van der Waals surface area contributed by atoms with Crippen molar-refractivity contribution < 1.29 is 14.3 Å². The van der Waals surface area contributed by atoms with Gasteiger partial charge in [0.2, 0.25) is 5.91 Å². The van der Waals surface area contributed by atoms with E-state index in [1.54, 1.807) is 23.0 Å². The van der Waals surface area contributed by atoms with Crippen molar-refractivity contribution in [2.24, 2.45) is 5.41 Å². The molecule has 9 nitrogen and oxygen atoms in total. The number of hydrogen-bond donors (Lipinski definition) is 2. The monoisotopic (exact) mass is 506 g/mol. The highest BCUT2D eigenvalue weighted by molar-refractivity contribution is 6.05. The Morgan fingerprint density at radius 2 is 1.58 bits per heavy atom. The van der Waals surface area contributed by atoms with Crippen LogP contribution in [0.1, 0.15) is 23.2 Å². The molecule has 38 heavy (non-hydrogen) atoms. The Morgan fingerprint density at radius 3 is 2.26 bits per heavy atom. The molecule has 6 rings (SSSR count). The van der Waals surface area contributed by atoms with E-state index in [1.807, 2.05) is 54.6 Å². The van der Waals surface area contributed by atoms with E-state index < -0.39 is 5.41 Å². The van der Waals surface area contributed by atoms with Crippen LogP contribution in [0, 0.1) is 16.7 Å². The summed E-state index contributed by atoms with van der Waals surface area (Å²) in [6, 6.07) is 22.7. The number of hydrogen-bond acceptors (Lipinski definition) is 6.